The van der Waals surface area contributed by atoms with Crippen LogP contribution in [0.25, 0.3) is 5.65 Å². The van der Waals surface area contributed by atoms with Gasteiger partial charge < -0.3 is 15.0 Å². The van der Waals surface area contributed by atoms with Crippen LogP contribution >= 0.6 is 24.0 Å². The van der Waals surface area contributed by atoms with Crippen LogP contribution in [-0.2, 0) is 22.8 Å². The van der Waals surface area contributed by atoms with Gasteiger partial charge in [0.2, 0.25) is 0 Å². The molecule has 9 heteroatoms. The SMILES string of the molecule is CN=C(NCCc1cn2ccccc2n1)NCc1ccc(S(C)(=O)=O)c(C)c1.I. The largest absolute Gasteiger partial charge is 0.356 e. The quantitative estimate of drug-likeness (QED) is 0.293. The number of benzene rings is 1. The molecule has 3 aromatic rings. The van der Waals surface area contributed by atoms with E-state index in [1.165, 1.54) is 6.26 Å². The lowest BCUT2D eigenvalue weighted by molar-refractivity contribution is 0.601. The Morgan fingerprint density at radius 1 is 1.21 bits per heavy atom. The van der Waals surface area contributed by atoms with Crippen molar-refractivity contribution < 1.29 is 8.42 Å². The van der Waals surface area contributed by atoms with Crippen molar-refractivity contribution in [3.8, 4) is 0 Å². The molecule has 0 amide bonds. The van der Waals surface area contributed by atoms with Gasteiger partial charge in [-0.3, -0.25) is 4.99 Å². The fraction of sp³-hybridized carbons (Fsp3) is 0.300. The third-order valence-electron chi connectivity index (χ3n) is 4.41. The molecule has 156 valence electrons. The van der Waals surface area contributed by atoms with E-state index in [0.29, 0.717) is 23.9 Å². The van der Waals surface area contributed by atoms with Gasteiger partial charge in [0, 0.05) is 45.2 Å². The highest BCUT2D eigenvalue weighted by Gasteiger charge is 2.11. The van der Waals surface area contributed by atoms with Crippen LogP contribution in [-0.4, -0.2) is 43.6 Å². The van der Waals surface area contributed by atoms with E-state index in [4.69, 9.17) is 0 Å². The van der Waals surface area contributed by atoms with Crippen LogP contribution in [0.15, 0.2) is 58.7 Å². The van der Waals surface area contributed by atoms with Crippen molar-refractivity contribution in [2.75, 3.05) is 19.8 Å². The highest BCUT2D eigenvalue weighted by Crippen LogP contribution is 2.16. The molecule has 0 unspecified atom stereocenters. The Labute approximate surface area is 188 Å². The van der Waals surface area contributed by atoms with Gasteiger partial charge in [-0.2, -0.15) is 0 Å². The van der Waals surface area contributed by atoms with Gasteiger partial charge in [-0.1, -0.05) is 18.2 Å². The molecule has 2 N–H and O–H groups in total. The van der Waals surface area contributed by atoms with Gasteiger partial charge >= 0.3 is 0 Å². The molecule has 3 rings (SSSR count). The third-order valence-corrected chi connectivity index (χ3v) is 5.67. The summed E-state index contributed by atoms with van der Waals surface area (Å²) >= 11 is 0. The van der Waals surface area contributed by atoms with Crippen LogP contribution in [0.5, 0.6) is 0 Å². The minimum atomic E-state index is -3.20. The first-order valence-corrected chi connectivity index (χ1v) is 10.9. The number of hydrogen-bond donors (Lipinski definition) is 2. The molecule has 7 nitrogen and oxygen atoms in total. The molecule has 0 spiro atoms. The Hall–Kier alpha value is -2.14. The average molecular weight is 527 g/mol. The summed E-state index contributed by atoms with van der Waals surface area (Å²) in [5.74, 6) is 0.689. The van der Waals surface area contributed by atoms with E-state index < -0.39 is 9.84 Å². The zero-order valence-electron chi connectivity index (χ0n) is 16.7. The van der Waals surface area contributed by atoms with Gasteiger partial charge in [-0.05, 0) is 36.2 Å². The molecule has 0 saturated heterocycles. The first-order valence-electron chi connectivity index (χ1n) is 9.03. The maximum Gasteiger partial charge on any atom is 0.191 e. The Bertz CT molecular complexity index is 1080. The van der Waals surface area contributed by atoms with Crippen molar-refractivity contribution in [2.24, 2.45) is 4.99 Å². The number of imidazole rings is 1. The monoisotopic (exact) mass is 527 g/mol. The fourth-order valence-corrected chi connectivity index (χ4v) is 4.02. The van der Waals surface area contributed by atoms with E-state index in [0.717, 1.165) is 28.9 Å². The molecule has 0 aliphatic carbocycles. The summed E-state index contributed by atoms with van der Waals surface area (Å²) in [6.45, 7) is 3.07. The predicted molar refractivity (Wildman–Crippen MR) is 127 cm³/mol. The number of aromatic nitrogens is 2. The molecule has 0 atom stereocenters. The van der Waals surface area contributed by atoms with Crippen LogP contribution < -0.4 is 10.6 Å². The molecule has 0 saturated carbocycles. The molecule has 2 aromatic heterocycles. The number of nitrogens with zero attached hydrogens (tertiary/aromatic N) is 3. The second-order valence-electron chi connectivity index (χ2n) is 6.67. The molecule has 0 bridgehead atoms. The molecule has 2 heterocycles. The number of pyridine rings is 1. The second kappa shape index (κ2) is 10.1. The Morgan fingerprint density at radius 2 is 2.00 bits per heavy atom. The lowest BCUT2D eigenvalue weighted by atomic mass is 10.1. The van der Waals surface area contributed by atoms with Gasteiger partial charge in [0.25, 0.3) is 0 Å². The minimum Gasteiger partial charge on any atom is -0.356 e. The van der Waals surface area contributed by atoms with Gasteiger partial charge in [-0.15, -0.1) is 24.0 Å². The summed E-state index contributed by atoms with van der Waals surface area (Å²) in [5, 5.41) is 6.52. The third kappa shape index (κ3) is 6.17. The van der Waals surface area contributed by atoms with Crippen LogP contribution in [0.2, 0.25) is 0 Å². The summed E-state index contributed by atoms with van der Waals surface area (Å²) < 4.78 is 25.4. The predicted octanol–water partition coefficient (Wildman–Crippen LogP) is 2.57. The van der Waals surface area contributed by atoms with Crippen molar-refractivity contribution in [1.82, 2.24) is 20.0 Å². The van der Waals surface area contributed by atoms with Crippen LogP contribution in [0.4, 0.5) is 0 Å². The molecule has 0 fully saturated rings. The maximum atomic E-state index is 11.7. The summed E-state index contributed by atoms with van der Waals surface area (Å²) in [6, 6.07) is 11.3. The number of rotatable bonds is 6. The van der Waals surface area contributed by atoms with E-state index in [1.54, 1.807) is 13.1 Å². The van der Waals surface area contributed by atoms with Crippen molar-refractivity contribution >= 4 is 45.4 Å². The molecule has 1 aromatic carbocycles. The number of fused-ring (bicyclic) bond motifs is 1. The van der Waals surface area contributed by atoms with Crippen LogP contribution in [0.3, 0.4) is 0 Å². The standard InChI is InChI=1S/C20H25N5O2S.HI/c1-15-12-16(7-8-18(15)28(3,26)27)13-23-20(21-2)22-10-9-17-14-25-11-5-4-6-19(25)24-17;/h4-8,11-12,14H,9-10,13H2,1-3H3,(H2,21,22,23);1H. The number of nitrogens with one attached hydrogen (secondary N) is 2. The summed E-state index contributed by atoms with van der Waals surface area (Å²) in [6.07, 6.45) is 6.02. The van der Waals surface area contributed by atoms with Gasteiger partial charge in [0.15, 0.2) is 15.8 Å². The summed E-state index contributed by atoms with van der Waals surface area (Å²) in [7, 11) is -1.48. The lowest BCUT2D eigenvalue weighted by Crippen LogP contribution is -2.37. The number of halogens is 1. The van der Waals surface area contributed by atoms with Gasteiger partial charge in [0.05, 0.1) is 10.6 Å². The van der Waals surface area contributed by atoms with Crippen molar-refractivity contribution in [3.05, 3.63) is 65.6 Å². The molecule has 0 radical (unpaired) electrons. The van der Waals surface area contributed by atoms with E-state index in [9.17, 15) is 8.42 Å². The smallest absolute Gasteiger partial charge is 0.191 e. The minimum absolute atomic E-state index is 0. The zero-order chi connectivity index (χ0) is 20.1. The van der Waals surface area contributed by atoms with Crippen molar-refractivity contribution in [1.29, 1.82) is 0 Å². The summed E-state index contributed by atoms with van der Waals surface area (Å²) in [5.41, 5.74) is 3.69. The topological polar surface area (TPSA) is 87.9 Å². The molecule has 0 aliphatic heterocycles. The second-order valence-corrected chi connectivity index (χ2v) is 8.66. The number of sulfone groups is 1. The van der Waals surface area contributed by atoms with Crippen molar-refractivity contribution in [3.63, 3.8) is 0 Å². The zero-order valence-corrected chi connectivity index (χ0v) is 19.9. The van der Waals surface area contributed by atoms with Crippen molar-refractivity contribution in [2.45, 2.75) is 24.8 Å². The van der Waals surface area contributed by atoms with E-state index in [1.807, 2.05) is 54.0 Å². The van der Waals surface area contributed by atoms with Crippen LogP contribution in [0.1, 0.15) is 16.8 Å². The first-order chi connectivity index (χ1) is 13.4. The van der Waals surface area contributed by atoms with Crippen LogP contribution in [0, 0.1) is 6.92 Å². The number of aliphatic imine (C=N–C) groups is 1. The Morgan fingerprint density at radius 3 is 2.66 bits per heavy atom. The van der Waals surface area contributed by atoms with E-state index in [-0.39, 0.29) is 24.0 Å². The number of hydrogen-bond acceptors (Lipinski definition) is 4. The maximum absolute atomic E-state index is 11.7. The molecule has 29 heavy (non-hydrogen) atoms. The molecular formula is C20H26IN5O2S. The number of aryl methyl sites for hydroxylation is 1. The van der Waals surface area contributed by atoms with E-state index in [2.05, 4.69) is 20.6 Å². The molecule has 0 aliphatic rings. The fourth-order valence-electron chi connectivity index (χ4n) is 3.06. The molecular weight excluding hydrogens is 501 g/mol. The van der Waals surface area contributed by atoms with Gasteiger partial charge in [0.1, 0.15) is 5.65 Å². The average Bonchev–Trinajstić information content (AvgIpc) is 3.06. The Balaban J connectivity index is 0.00000300. The lowest BCUT2D eigenvalue weighted by Gasteiger charge is -2.12. The number of guanidine groups is 1. The van der Waals surface area contributed by atoms with E-state index >= 15 is 0 Å². The first kappa shape index (κ1) is 23.1. The Kier molecular flexibility index (Phi) is 8.03. The summed E-state index contributed by atoms with van der Waals surface area (Å²) in [4.78, 5) is 9.18. The van der Waals surface area contributed by atoms with Gasteiger partial charge in [-0.25, -0.2) is 13.4 Å². The normalized spacial score (nSPS) is 11.9. The highest BCUT2D eigenvalue weighted by molar-refractivity contribution is 14.0. The highest BCUT2D eigenvalue weighted by atomic mass is 127.